The third-order valence-corrected chi connectivity index (χ3v) is 5.05. The van der Waals surface area contributed by atoms with Crippen molar-refractivity contribution in [2.75, 3.05) is 7.11 Å². The van der Waals surface area contributed by atoms with E-state index in [1.807, 2.05) is 0 Å². The van der Waals surface area contributed by atoms with Gasteiger partial charge in [-0.15, -0.1) is 0 Å². The first-order valence-electron chi connectivity index (χ1n) is 6.25. The lowest BCUT2D eigenvalue weighted by atomic mass is 10.0. The molecule has 1 aromatic rings. The van der Waals surface area contributed by atoms with Gasteiger partial charge in [0.15, 0.2) is 0 Å². The molecule has 1 atom stereocenters. The van der Waals surface area contributed by atoms with Crippen LogP contribution in [0.3, 0.4) is 0 Å². The smallest absolute Gasteiger partial charge is 0.304 e. The van der Waals surface area contributed by atoms with Crippen molar-refractivity contribution in [3.05, 3.63) is 22.7 Å². The summed E-state index contributed by atoms with van der Waals surface area (Å²) < 4.78 is 32.6. The van der Waals surface area contributed by atoms with E-state index in [9.17, 15) is 13.2 Å². The molecular formula is C13H18BrNO5S. The summed E-state index contributed by atoms with van der Waals surface area (Å²) in [5.74, 6) is -0.676. The molecule has 0 aliphatic heterocycles. The van der Waals surface area contributed by atoms with Gasteiger partial charge < -0.3 is 9.84 Å². The van der Waals surface area contributed by atoms with Crippen molar-refractivity contribution in [3.8, 4) is 5.75 Å². The van der Waals surface area contributed by atoms with Crippen molar-refractivity contribution in [1.82, 2.24) is 4.72 Å². The quantitative estimate of drug-likeness (QED) is 0.757. The predicted octanol–water partition coefficient (Wildman–Crippen LogP) is 2.24. The summed E-state index contributed by atoms with van der Waals surface area (Å²) in [4.78, 5) is 10.9. The molecule has 0 spiro atoms. The molecule has 0 aromatic heterocycles. The van der Waals surface area contributed by atoms with Gasteiger partial charge in [0.25, 0.3) is 0 Å². The van der Waals surface area contributed by atoms with Gasteiger partial charge in [0, 0.05) is 6.04 Å². The van der Waals surface area contributed by atoms with Gasteiger partial charge in [-0.3, -0.25) is 4.79 Å². The summed E-state index contributed by atoms with van der Waals surface area (Å²) in [6, 6.07) is 3.68. The number of sulfonamides is 1. The van der Waals surface area contributed by atoms with Crippen molar-refractivity contribution in [3.63, 3.8) is 0 Å². The lowest BCUT2D eigenvalue weighted by Gasteiger charge is -2.20. The number of halogens is 1. The number of nitrogens with one attached hydrogen (secondary N) is 1. The predicted molar refractivity (Wildman–Crippen MR) is 81.9 cm³/mol. The van der Waals surface area contributed by atoms with Crippen molar-refractivity contribution in [2.45, 2.75) is 31.2 Å². The van der Waals surface area contributed by atoms with Crippen molar-refractivity contribution >= 4 is 31.9 Å². The molecule has 6 nitrogen and oxygen atoms in total. The van der Waals surface area contributed by atoms with E-state index in [2.05, 4.69) is 20.7 Å². The number of methoxy groups -OCH3 is 1. The maximum atomic E-state index is 12.3. The number of hydrogen-bond donors (Lipinski definition) is 2. The van der Waals surface area contributed by atoms with E-state index < -0.39 is 22.0 Å². The molecule has 118 valence electrons. The van der Waals surface area contributed by atoms with Crippen LogP contribution in [0.2, 0.25) is 0 Å². The first-order valence-corrected chi connectivity index (χ1v) is 8.52. The molecule has 0 aliphatic carbocycles. The summed E-state index contributed by atoms with van der Waals surface area (Å²) in [6.07, 6.45) is -0.270. The van der Waals surface area contributed by atoms with Crippen molar-refractivity contribution in [2.24, 2.45) is 5.92 Å². The van der Waals surface area contributed by atoms with Gasteiger partial charge in [-0.2, -0.15) is 0 Å². The van der Waals surface area contributed by atoms with Crippen LogP contribution in [0.1, 0.15) is 20.3 Å². The van der Waals surface area contributed by atoms with E-state index in [-0.39, 0.29) is 17.2 Å². The van der Waals surface area contributed by atoms with E-state index in [1.54, 1.807) is 13.8 Å². The Balaban J connectivity index is 3.04. The lowest BCUT2D eigenvalue weighted by Crippen LogP contribution is -2.40. The number of carboxylic acid groups (broad SMARTS) is 1. The molecule has 0 aliphatic rings. The van der Waals surface area contributed by atoms with Crippen LogP contribution in [0.25, 0.3) is 0 Å². The number of carbonyl (C=O) groups is 1. The van der Waals surface area contributed by atoms with E-state index in [0.29, 0.717) is 10.2 Å². The number of rotatable bonds is 7. The monoisotopic (exact) mass is 379 g/mol. The minimum atomic E-state index is -3.80. The molecule has 0 radical (unpaired) electrons. The van der Waals surface area contributed by atoms with E-state index in [1.165, 1.54) is 25.3 Å². The zero-order chi connectivity index (χ0) is 16.2. The number of carboxylic acids is 1. The molecule has 0 bridgehead atoms. The van der Waals surface area contributed by atoms with Crippen LogP contribution in [0, 0.1) is 5.92 Å². The van der Waals surface area contributed by atoms with Gasteiger partial charge in [0.05, 0.1) is 22.9 Å². The highest BCUT2D eigenvalue weighted by Crippen LogP contribution is 2.27. The molecule has 0 saturated carbocycles. The highest BCUT2D eigenvalue weighted by Gasteiger charge is 2.25. The minimum Gasteiger partial charge on any atom is -0.496 e. The maximum Gasteiger partial charge on any atom is 0.304 e. The fraction of sp³-hybridized carbons (Fsp3) is 0.462. The molecule has 0 amide bonds. The van der Waals surface area contributed by atoms with Gasteiger partial charge in [0.1, 0.15) is 5.75 Å². The molecule has 1 aromatic carbocycles. The third-order valence-electron chi connectivity index (χ3n) is 2.94. The molecule has 8 heteroatoms. The van der Waals surface area contributed by atoms with Crippen LogP contribution in [-0.2, 0) is 14.8 Å². The average molecular weight is 380 g/mol. The van der Waals surface area contributed by atoms with Gasteiger partial charge >= 0.3 is 5.97 Å². The number of ether oxygens (including phenoxy) is 1. The Hall–Kier alpha value is -1.12. The fourth-order valence-electron chi connectivity index (χ4n) is 1.68. The zero-order valence-corrected chi connectivity index (χ0v) is 14.4. The lowest BCUT2D eigenvalue weighted by molar-refractivity contribution is -0.137. The third kappa shape index (κ3) is 4.98. The van der Waals surface area contributed by atoms with Gasteiger partial charge in [-0.1, -0.05) is 13.8 Å². The second kappa shape index (κ2) is 7.24. The summed E-state index contributed by atoms with van der Waals surface area (Å²) in [5, 5.41) is 8.85. The Morgan fingerprint density at radius 3 is 2.48 bits per heavy atom. The zero-order valence-electron chi connectivity index (χ0n) is 12.0. The number of aliphatic carboxylic acids is 1. The Morgan fingerprint density at radius 2 is 2.05 bits per heavy atom. The highest BCUT2D eigenvalue weighted by molar-refractivity contribution is 9.10. The van der Waals surface area contributed by atoms with Crippen LogP contribution in [0.15, 0.2) is 27.6 Å². The van der Waals surface area contributed by atoms with Crippen molar-refractivity contribution in [1.29, 1.82) is 0 Å². The van der Waals surface area contributed by atoms with E-state index in [4.69, 9.17) is 9.84 Å². The van der Waals surface area contributed by atoms with Crippen LogP contribution in [-0.4, -0.2) is 32.6 Å². The van der Waals surface area contributed by atoms with E-state index in [0.717, 1.165) is 0 Å². The summed E-state index contributed by atoms with van der Waals surface area (Å²) in [7, 11) is -2.32. The molecule has 0 heterocycles. The molecule has 1 unspecified atom stereocenters. The summed E-state index contributed by atoms with van der Waals surface area (Å²) >= 11 is 3.22. The molecular weight excluding hydrogens is 362 g/mol. The molecule has 2 N–H and O–H groups in total. The second-order valence-corrected chi connectivity index (χ2v) is 7.43. The molecule has 1 rings (SSSR count). The van der Waals surface area contributed by atoms with E-state index >= 15 is 0 Å². The second-order valence-electron chi connectivity index (χ2n) is 4.87. The van der Waals surface area contributed by atoms with Crippen LogP contribution in [0.4, 0.5) is 0 Å². The summed E-state index contributed by atoms with van der Waals surface area (Å²) in [6.45, 7) is 3.53. The highest BCUT2D eigenvalue weighted by atomic mass is 79.9. The first kappa shape index (κ1) is 17.9. The Bertz CT molecular complexity index is 615. The largest absolute Gasteiger partial charge is 0.496 e. The van der Waals surface area contributed by atoms with Gasteiger partial charge in [0.2, 0.25) is 10.0 Å². The van der Waals surface area contributed by atoms with Crippen molar-refractivity contribution < 1.29 is 23.1 Å². The fourth-order valence-corrected chi connectivity index (χ4v) is 3.79. The summed E-state index contributed by atoms with van der Waals surface area (Å²) in [5.41, 5.74) is 0. The molecule has 0 fully saturated rings. The number of benzene rings is 1. The Morgan fingerprint density at radius 1 is 1.43 bits per heavy atom. The minimum absolute atomic E-state index is 0.0474. The first-order chi connectivity index (χ1) is 9.67. The number of hydrogen-bond acceptors (Lipinski definition) is 4. The SMILES string of the molecule is COc1ccc(S(=O)(=O)NC(CC(=O)O)C(C)C)cc1Br. The normalized spacial score (nSPS) is 13.2. The molecule has 21 heavy (non-hydrogen) atoms. The topological polar surface area (TPSA) is 92.7 Å². The Kier molecular flexibility index (Phi) is 6.18. The standard InChI is InChI=1S/C13H18BrNO5S/c1-8(2)11(7-13(16)17)15-21(18,19)9-4-5-12(20-3)10(14)6-9/h4-6,8,11,15H,7H2,1-3H3,(H,16,17). The van der Waals surface area contributed by atoms with Gasteiger partial charge in [-0.05, 0) is 40.0 Å². The maximum absolute atomic E-state index is 12.3. The Labute approximate surface area is 132 Å². The van der Waals surface area contributed by atoms with Crippen LogP contribution in [0.5, 0.6) is 5.75 Å². The average Bonchev–Trinajstić information content (AvgIpc) is 2.36. The van der Waals surface area contributed by atoms with Crippen LogP contribution >= 0.6 is 15.9 Å². The van der Waals surface area contributed by atoms with Crippen LogP contribution < -0.4 is 9.46 Å². The van der Waals surface area contributed by atoms with Gasteiger partial charge in [-0.25, -0.2) is 13.1 Å². The molecule has 0 saturated heterocycles.